The van der Waals surface area contributed by atoms with E-state index >= 15 is 0 Å². The highest BCUT2D eigenvalue weighted by molar-refractivity contribution is 7.87. The Morgan fingerprint density at radius 3 is 2.84 bits per heavy atom. The molecule has 1 saturated heterocycles. The van der Waals surface area contributed by atoms with Crippen LogP contribution in [0.1, 0.15) is 39.0 Å². The van der Waals surface area contributed by atoms with E-state index in [1.54, 1.807) is 13.0 Å². The summed E-state index contributed by atoms with van der Waals surface area (Å²) >= 11 is 0. The van der Waals surface area contributed by atoms with Gasteiger partial charge in [0, 0.05) is 25.6 Å². The molecule has 0 aromatic heterocycles. The summed E-state index contributed by atoms with van der Waals surface area (Å²) in [7, 11) is -1.37. The van der Waals surface area contributed by atoms with Gasteiger partial charge in [0.15, 0.2) is 0 Å². The van der Waals surface area contributed by atoms with Crippen LogP contribution in [0, 0.1) is 5.92 Å². The Hall–Kier alpha value is -1.28. The van der Waals surface area contributed by atoms with Gasteiger partial charge in [-0.15, -0.1) is 0 Å². The van der Waals surface area contributed by atoms with Crippen LogP contribution in [0.15, 0.2) is 35.3 Å². The number of hydrazine groups is 1. The first-order valence-electron chi connectivity index (χ1n) is 8.98. The molecule has 0 radical (unpaired) electrons. The third-order valence-electron chi connectivity index (χ3n) is 4.31. The minimum absolute atomic E-state index is 0.0679. The number of amides is 1. The molecular weight excluding hydrogens is 338 g/mol. The topological polar surface area (TPSA) is 81.7 Å². The van der Waals surface area contributed by atoms with Crippen molar-refractivity contribution in [1.29, 1.82) is 0 Å². The van der Waals surface area contributed by atoms with Crippen LogP contribution in [0.3, 0.4) is 0 Å². The second-order valence-electron chi connectivity index (χ2n) is 6.57. The number of rotatable bonds is 8. The van der Waals surface area contributed by atoms with E-state index in [-0.39, 0.29) is 18.4 Å². The highest BCUT2D eigenvalue weighted by atomic mass is 32.2. The highest BCUT2D eigenvalue weighted by Crippen LogP contribution is 2.11. The maximum atomic E-state index is 12.2. The van der Waals surface area contributed by atoms with E-state index in [2.05, 4.69) is 10.1 Å². The van der Waals surface area contributed by atoms with E-state index in [0.717, 1.165) is 32.4 Å². The van der Waals surface area contributed by atoms with Crippen molar-refractivity contribution >= 4 is 16.9 Å². The molecule has 0 aromatic carbocycles. The molecule has 0 saturated carbocycles. The molecule has 0 bridgehead atoms. The molecule has 1 aliphatic heterocycles. The summed E-state index contributed by atoms with van der Waals surface area (Å²) in [5.41, 5.74) is 2.92. The second kappa shape index (κ2) is 10.7. The summed E-state index contributed by atoms with van der Waals surface area (Å²) in [6, 6.07) is 0. The molecule has 2 aliphatic rings. The summed E-state index contributed by atoms with van der Waals surface area (Å²) in [5, 5.41) is 12.1. The highest BCUT2D eigenvalue weighted by Gasteiger charge is 2.21. The van der Waals surface area contributed by atoms with Crippen molar-refractivity contribution in [2.75, 3.05) is 19.6 Å². The summed E-state index contributed by atoms with van der Waals surface area (Å²) < 4.78 is 15.0. The molecule has 1 aliphatic carbocycles. The molecule has 3 N–H and O–H groups in total. The molecule has 7 heteroatoms. The fourth-order valence-electron chi connectivity index (χ4n) is 2.81. The van der Waals surface area contributed by atoms with E-state index in [0.29, 0.717) is 11.3 Å². The number of hydrogen-bond acceptors (Lipinski definition) is 4. The van der Waals surface area contributed by atoms with Crippen molar-refractivity contribution < 1.29 is 14.1 Å². The third-order valence-corrected chi connectivity index (χ3v) is 5.44. The van der Waals surface area contributed by atoms with Gasteiger partial charge < -0.3 is 5.11 Å². The third kappa shape index (κ3) is 7.23. The lowest BCUT2D eigenvalue weighted by Gasteiger charge is -2.28. The van der Waals surface area contributed by atoms with E-state index in [1.165, 1.54) is 6.42 Å². The average molecular weight is 368 g/mol. The largest absolute Gasteiger partial charge is 0.392 e. The SMILES string of the molecule is CC(CC(O)CNS(=O)C1=CC=CCC=C1)C(=O)NN1CCCCC1. The Morgan fingerprint density at radius 1 is 1.32 bits per heavy atom. The minimum Gasteiger partial charge on any atom is -0.392 e. The molecule has 1 fully saturated rings. The molecule has 0 aromatic rings. The number of aliphatic hydroxyl groups excluding tert-OH is 1. The van der Waals surface area contributed by atoms with Crippen molar-refractivity contribution in [3.63, 3.8) is 0 Å². The zero-order chi connectivity index (χ0) is 18.1. The van der Waals surface area contributed by atoms with Crippen molar-refractivity contribution in [2.45, 2.75) is 45.1 Å². The Bertz CT molecular complexity index is 554. The van der Waals surface area contributed by atoms with Crippen LogP contribution in [-0.2, 0) is 15.8 Å². The van der Waals surface area contributed by atoms with Crippen molar-refractivity contribution in [1.82, 2.24) is 15.2 Å². The smallest absolute Gasteiger partial charge is 0.237 e. The van der Waals surface area contributed by atoms with Crippen LogP contribution in [0.25, 0.3) is 0 Å². The van der Waals surface area contributed by atoms with Crippen molar-refractivity contribution in [3.05, 3.63) is 35.3 Å². The van der Waals surface area contributed by atoms with Gasteiger partial charge in [-0.05, 0) is 37.8 Å². The van der Waals surface area contributed by atoms with E-state index in [1.807, 2.05) is 29.3 Å². The molecular formula is C18H29N3O3S. The van der Waals surface area contributed by atoms with E-state index < -0.39 is 17.1 Å². The van der Waals surface area contributed by atoms with Gasteiger partial charge in [0.05, 0.1) is 11.0 Å². The molecule has 140 valence electrons. The monoisotopic (exact) mass is 367 g/mol. The van der Waals surface area contributed by atoms with Crippen molar-refractivity contribution in [2.24, 2.45) is 5.92 Å². The van der Waals surface area contributed by atoms with Gasteiger partial charge in [-0.2, -0.15) is 0 Å². The molecule has 3 atom stereocenters. The van der Waals surface area contributed by atoms with E-state index in [4.69, 9.17) is 0 Å². The molecule has 25 heavy (non-hydrogen) atoms. The predicted octanol–water partition coefficient (Wildman–Crippen LogP) is 1.54. The number of allylic oxidation sites excluding steroid dienone is 5. The first kappa shape index (κ1) is 20.0. The lowest BCUT2D eigenvalue weighted by molar-refractivity contribution is -0.130. The molecule has 1 heterocycles. The summed E-state index contributed by atoms with van der Waals surface area (Å²) in [5.74, 6) is -0.367. The number of piperidine rings is 1. The number of carbonyl (C=O) groups is 1. The van der Waals surface area contributed by atoms with Crippen LogP contribution in [0.2, 0.25) is 0 Å². The van der Waals surface area contributed by atoms with Gasteiger partial charge in [0.1, 0.15) is 11.0 Å². The van der Waals surface area contributed by atoms with Crippen LogP contribution in [0.4, 0.5) is 0 Å². The van der Waals surface area contributed by atoms with Gasteiger partial charge in [-0.25, -0.2) is 13.9 Å². The zero-order valence-electron chi connectivity index (χ0n) is 14.8. The Kier molecular flexibility index (Phi) is 8.54. The Labute approximate surface area is 152 Å². The lowest BCUT2D eigenvalue weighted by Crippen LogP contribution is -2.47. The van der Waals surface area contributed by atoms with Gasteiger partial charge in [0.2, 0.25) is 5.91 Å². The normalized spacial score (nSPS) is 21.9. The predicted molar refractivity (Wildman–Crippen MR) is 100 cm³/mol. The standard InChI is InChI=1S/C18H29N3O3S/c1-15(18(23)20-21-11-7-4-8-12-21)13-16(22)14-19-25(24)17-9-5-2-3-6-10-17/h2,5-6,9-10,15-16,19,22H,3-4,7-8,11-14H2,1H3,(H,20,23). The number of nitrogens with zero attached hydrogens (tertiary/aromatic N) is 1. The van der Waals surface area contributed by atoms with Crippen molar-refractivity contribution in [3.8, 4) is 0 Å². The lowest BCUT2D eigenvalue weighted by atomic mass is 10.0. The molecule has 2 rings (SSSR count). The van der Waals surface area contributed by atoms with Crippen LogP contribution in [-0.4, -0.2) is 46.0 Å². The van der Waals surface area contributed by atoms with E-state index in [9.17, 15) is 14.1 Å². The minimum atomic E-state index is -1.37. The summed E-state index contributed by atoms with van der Waals surface area (Å²) in [6.07, 6.45) is 13.3. The molecule has 3 unspecified atom stereocenters. The van der Waals surface area contributed by atoms with Gasteiger partial charge >= 0.3 is 0 Å². The molecule has 0 spiro atoms. The number of aliphatic hydroxyl groups is 1. The second-order valence-corrected chi connectivity index (χ2v) is 7.86. The average Bonchev–Trinajstić information content (AvgIpc) is 2.90. The fourth-order valence-corrected chi connectivity index (χ4v) is 3.74. The first-order valence-corrected chi connectivity index (χ1v) is 10.1. The summed E-state index contributed by atoms with van der Waals surface area (Å²) in [6.45, 7) is 3.76. The zero-order valence-corrected chi connectivity index (χ0v) is 15.6. The number of nitrogens with one attached hydrogen (secondary N) is 2. The summed E-state index contributed by atoms with van der Waals surface area (Å²) in [4.78, 5) is 12.9. The quantitative estimate of drug-likeness (QED) is 0.608. The number of carbonyl (C=O) groups excluding carboxylic acids is 1. The Balaban J connectivity index is 1.70. The van der Waals surface area contributed by atoms with Crippen LogP contribution < -0.4 is 10.1 Å². The Morgan fingerprint density at radius 2 is 2.08 bits per heavy atom. The fraction of sp³-hybridized carbons (Fsp3) is 0.611. The van der Waals surface area contributed by atoms with Crippen LogP contribution in [0.5, 0.6) is 0 Å². The molecule has 6 nitrogen and oxygen atoms in total. The van der Waals surface area contributed by atoms with Gasteiger partial charge in [-0.1, -0.05) is 31.6 Å². The van der Waals surface area contributed by atoms with Crippen LogP contribution >= 0.6 is 0 Å². The first-order chi connectivity index (χ1) is 12.1. The maximum absolute atomic E-state index is 12.2. The molecule has 1 amide bonds. The number of hydrogen-bond donors (Lipinski definition) is 3. The van der Waals surface area contributed by atoms with Gasteiger partial charge in [-0.3, -0.25) is 10.2 Å². The van der Waals surface area contributed by atoms with Gasteiger partial charge in [0.25, 0.3) is 0 Å². The maximum Gasteiger partial charge on any atom is 0.237 e.